The molecule has 4 rings (SSSR count). The number of nitrogens with zero attached hydrogens (tertiary/aromatic N) is 2. The molecule has 2 fully saturated rings. The van der Waals surface area contributed by atoms with Gasteiger partial charge >= 0.3 is 0 Å². The summed E-state index contributed by atoms with van der Waals surface area (Å²) in [7, 11) is 1.67. The van der Waals surface area contributed by atoms with E-state index in [0.717, 1.165) is 23.0 Å². The van der Waals surface area contributed by atoms with Gasteiger partial charge in [-0.3, -0.25) is 10.1 Å². The number of thiazole rings is 1. The van der Waals surface area contributed by atoms with Gasteiger partial charge in [-0.1, -0.05) is 28.6 Å². The lowest BCUT2D eigenvalue weighted by Gasteiger charge is -2.10. The molecule has 2 aromatic rings. The summed E-state index contributed by atoms with van der Waals surface area (Å²) in [4.78, 5) is 25.1. The number of carbonyl (C=O) groups excluding carboxylic acids is 1. The third-order valence-electron chi connectivity index (χ3n) is 5.01. The summed E-state index contributed by atoms with van der Waals surface area (Å²) in [5, 5.41) is 8.28. The molecule has 178 valence electrons. The molecule has 0 spiro atoms. The van der Waals surface area contributed by atoms with Gasteiger partial charge in [0.2, 0.25) is 0 Å². The van der Waals surface area contributed by atoms with Crippen molar-refractivity contribution in [1.29, 1.82) is 0 Å². The van der Waals surface area contributed by atoms with E-state index in [1.54, 1.807) is 13.3 Å². The molecular formula is C23H29N3O5S2. The number of hydrogen-bond donors (Lipinski definition) is 1. The number of thioether (sulfide) groups is 1. The van der Waals surface area contributed by atoms with Crippen LogP contribution in [0.3, 0.4) is 0 Å². The molecule has 33 heavy (non-hydrogen) atoms. The molecule has 10 heteroatoms. The third kappa shape index (κ3) is 7.79. The smallest absolute Gasteiger partial charge is 0.280 e. The van der Waals surface area contributed by atoms with Crippen molar-refractivity contribution in [2.45, 2.75) is 48.5 Å². The minimum atomic E-state index is -0.363. The fraction of sp³-hybridized carbons (Fsp3) is 0.522. The van der Waals surface area contributed by atoms with Crippen LogP contribution in [0.5, 0.6) is 0 Å². The van der Waals surface area contributed by atoms with Crippen LogP contribution in [0.2, 0.25) is 0 Å². The van der Waals surface area contributed by atoms with Crippen molar-refractivity contribution in [2.75, 3.05) is 38.9 Å². The van der Waals surface area contributed by atoms with Gasteiger partial charge in [0.05, 0.1) is 24.7 Å². The summed E-state index contributed by atoms with van der Waals surface area (Å²) in [5.41, 5.74) is 0.919. The molecular weight excluding hydrogens is 462 g/mol. The maximum atomic E-state index is 13.1. The summed E-state index contributed by atoms with van der Waals surface area (Å²) in [5.74, 6) is -0.363. The molecule has 1 saturated carbocycles. The summed E-state index contributed by atoms with van der Waals surface area (Å²) < 4.78 is 16.0. The Morgan fingerprint density at radius 1 is 1.27 bits per heavy atom. The number of benzene rings is 1. The van der Waals surface area contributed by atoms with Crippen molar-refractivity contribution in [3.63, 3.8) is 0 Å². The Morgan fingerprint density at radius 3 is 2.85 bits per heavy atom. The first-order chi connectivity index (χ1) is 16.2. The van der Waals surface area contributed by atoms with Crippen molar-refractivity contribution in [3.8, 4) is 0 Å². The van der Waals surface area contributed by atoms with E-state index in [1.807, 2.05) is 36.0 Å². The van der Waals surface area contributed by atoms with Crippen molar-refractivity contribution < 1.29 is 23.8 Å². The van der Waals surface area contributed by atoms with Gasteiger partial charge in [-0.15, -0.1) is 11.8 Å². The first kappa shape index (κ1) is 24.2. The average Bonchev–Trinajstić information content (AvgIpc) is 3.28. The summed E-state index contributed by atoms with van der Waals surface area (Å²) in [6, 6.07) is 7.89. The highest BCUT2D eigenvalue weighted by atomic mass is 32.2. The number of ether oxygens (including phenoxy) is 3. The van der Waals surface area contributed by atoms with Crippen molar-refractivity contribution >= 4 is 39.8 Å². The van der Waals surface area contributed by atoms with E-state index < -0.39 is 0 Å². The van der Waals surface area contributed by atoms with E-state index in [9.17, 15) is 4.79 Å². The average molecular weight is 492 g/mol. The van der Waals surface area contributed by atoms with Crippen molar-refractivity contribution in [1.82, 2.24) is 4.98 Å². The fourth-order valence-electron chi connectivity index (χ4n) is 3.08. The van der Waals surface area contributed by atoms with Gasteiger partial charge in [0.25, 0.3) is 5.91 Å². The second-order valence-electron chi connectivity index (χ2n) is 7.86. The van der Waals surface area contributed by atoms with E-state index in [2.05, 4.69) is 15.5 Å². The molecule has 1 amide bonds. The number of anilines is 1. The highest BCUT2D eigenvalue weighted by molar-refractivity contribution is 8.00. The van der Waals surface area contributed by atoms with Gasteiger partial charge in [0.1, 0.15) is 0 Å². The van der Waals surface area contributed by atoms with Crippen LogP contribution in [0.15, 0.2) is 40.5 Å². The molecule has 1 aliphatic carbocycles. The molecule has 0 unspecified atom stereocenters. The van der Waals surface area contributed by atoms with Gasteiger partial charge in [-0.2, -0.15) is 0 Å². The van der Waals surface area contributed by atoms with Crippen LogP contribution in [0.4, 0.5) is 5.13 Å². The van der Waals surface area contributed by atoms with Crippen molar-refractivity contribution in [2.24, 2.45) is 5.16 Å². The number of amides is 1. The molecule has 2 aliphatic rings. The molecule has 8 nitrogen and oxygen atoms in total. The Kier molecular flexibility index (Phi) is 9.13. The van der Waals surface area contributed by atoms with E-state index >= 15 is 0 Å². The minimum absolute atomic E-state index is 0.140. The van der Waals surface area contributed by atoms with Gasteiger partial charge in [0.15, 0.2) is 16.9 Å². The van der Waals surface area contributed by atoms with Crippen LogP contribution in [0.1, 0.15) is 36.1 Å². The van der Waals surface area contributed by atoms with Crippen molar-refractivity contribution in [3.05, 3.63) is 40.9 Å². The minimum Gasteiger partial charge on any atom is -0.389 e. The topological polar surface area (TPSA) is 91.3 Å². The standard InChI is InChI=1S/C23H29N3O5S2/c1-28-10-2-11-29-15-20-13-24-23(33-20)25-22(27)21(26-31-17-9-12-30-14-17)16-3-5-18(6-4-16)32-19-7-8-19/h3-6,13,17,19H,2,7-12,14-15H2,1H3,(H,24,25,27)/b26-21+/t17-/m1/s1. The predicted octanol–water partition coefficient (Wildman–Crippen LogP) is 4.10. The Labute approximate surface area is 202 Å². The lowest BCUT2D eigenvalue weighted by atomic mass is 10.1. The zero-order valence-electron chi connectivity index (χ0n) is 18.7. The molecule has 1 aliphatic heterocycles. The number of nitrogens with one attached hydrogen (secondary N) is 1. The molecule has 1 aromatic carbocycles. The fourth-order valence-corrected chi connectivity index (χ4v) is 4.88. The first-order valence-corrected chi connectivity index (χ1v) is 12.8. The maximum absolute atomic E-state index is 13.1. The second kappa shape index (κ2) is 12.5. The first-order valence-electron chi connectivity index (χ1n) is 11.1. The van der Waals surface area contributed by atoms with Gasteiger partial charge in [-0.25, -0.2) is 4.98 Å². The molecule has 1 saturated heterocycles. The van der Waals surface area contributed by atoms with Crippen LogP contribution in [-0.4, -0.2) is 61.5 Å². The molecule has 2 heterocycles. The maximum Gasteiger partial charge on any atom is 0.280 e. The Bertz CT molecular complexity index is 924. The quantitative estimate of drug-likeness (QED) is 0.256. The predicted molar refractivity (Wildman–Crippen MR) is 129 cm³/mol. The van der Waals surface area contributed by atoms with E-state index in [0.29, 0.717) is 43.7 Å². The number of hydrogen-bond acceptors (Lipinski definition) is 9. The lowest BCUT2D eigenvalue weighted by Crippen LogP contribution is -2.25. The van der Waals surface area contributed by atoms with Gasteiger partial charge < -0.3 is 19.0 Å². The van der Waals surface area contributed by atoms with E-state index in [4.69, 9.17) is 19.0 Å². The van der Waals surface area contributed by atoms with Gasteiger partial charge in [0, 0.05) is 48.7 Å². The van der Waals surface area contributed by atoms with Crippen LogP contribution >= 0.6 is 23.1 Å². The van der Waals surface area contributed by atoms with Crippen LogP contribution in [0, 0.1) is 0 Å². The SMILES string of the molecule is COCCCOCc1cnc(NC(=O)/C(=N/O[C@@H]2CCOC2)c2ccc(SC3CC3)cc2)s1. The monoisotopic (exact) mass is 491 g/mol. The third-order valence-corrected chi connectivity index (χ3v) is 7.24. The molecule has 0 bridgehead atoms. The summed E-state index contributed by atoms with van der Waals surface area (Å²) in [6.07, 6.45) is 5.71. The summed E-state index contributed by atoms with van der Waals surface area (Å²) in [6.45, 7) is 2.85. The normalized spacial score (nSPS) is 18.5. The zero-order valence-corrected chi connectivity index (χ0v) is 20.3. The van der Waals surface area contributed by atoms with E-state index in [1.165, 1.54) is 29.1 Å². The molecule has 1 N–H and O–H groups in total. The summed E-state index contributed by atoms with van der Waals surface area (Å²) >= 11 is 3.25. The number of rotatable bonds is 13. The van der Waals surface area contributed by atoms with E-state index in [-0.39, 0.29) is 17.7 Å². The Morgan fingerprint density at radius 2 is 2.12 bits per heavy atom. The second-order valence-corrected chi connectivity index (χ2v) is 10.3. The van der Waals surface area contributed by atoms with Crippen LogP contribution < -0.4 is 5.32 Å². The number of methoxy groups -OCH3 is 1. The van der Waals surface area contributed by atoms with Gasteiger partial charge in [-0.05, 0) is 31.4 Å². The number of carbonyl (C=O) groups is 1. The molecule has 1 aromatic heterocycles. The Balaban J connectivity index is 1.39. The van der Waals surface area contributed by atoms with Crippen LogP contribution in [0.25, 0.3) is 0 Å². The highest BCUT2D eigenvalue weighted by Crippen LogP contribution is 2.39. The molecule has 1 atom stereocenters. The Hall–Kier alpha value is -1.98. The van der Waals surface area contributed by atoms with Crippen LogP contribution in [-0.2, 0) is 30.4 Å². The largest absolute Gasteiger partial charge is 0.389 e. The zero-order chi connectivity index (χ0) is 22.9. The number of aromatic nitrogens is 1. The molecule has 0 radical (unpaired) electrons. The lowest BCUT2D eigenvalue weighted by molar-refractivity contribution is -0.110. The number of oxime groups is 1. The highest BCUT2D eigenvalue weighted by Gasteiger charge is 2.24.